The van der Waals surface area contributed by atoms with Crippen LogP contribution in [-0.4, -0.2) is 71.4 Å². The lowest BCUT2D eigenvalue weighted by atomic mass is 10.0. The molecule has 1 aromatic carbocycles. The van der Waals surface area contributed by atoms with Gasteiger partial charge in [0.15, 0.2) is 0 Å². The Hall–Kier alpha value is -3.41. The molecule has 1 fully saturated rings. The predicted octanol–water partition coefficient (Wildman–Crippen LogP) is 4.59. The molecule has 1 saturated heterocycles. The van der Waals surface area contributed by atoms with E-state index in [9.17, 15) is 13.2 Å². The minimum Gasteiger partial charge on any atom is -0.479 e. The summed E-state index contributed by atoms with van der Waals surface area (Å²) in [6.45, 7) is 1.71. The first-order chi connectivity index (χ1) is 16.2. The van der Waals surface area contributed by atoms with Gasteiger partial charge < -0.3 is 20.3 Å². The van der Waals surface area contributed by atoms with Crippen LogP contribution < -0.4 is 15.4 Å². The summed E-state index contributed by atoms with van der Waals surface area (Å²) >= 11 is 0. The molecule has 1 aliphatic rings. The van der Waals surface area contributed by atoms with Gasteiger partial charge in [-0.05, 0) is 44.2 Å². The highest BCUT2D eigenvalue weighted by Gasteiger charge is 2.44. The highest BCUT2D eigenvalue weighted by Crippen LogP contribution is 2.36. The number of methoxy groups -OCH3 is 1. The second-order valence-corrected chi connectivity index (χ2v) is 8.46. The molecule has 4 rings (SSSR count). The van der Waals surface area contributed by atoms with E-state index in [1.807, 2.05) is 0 Å². The third kappa shape index (κ3) is 4.76. The summed E-state index contributed by atoms with van der Waals surface area (Å²) in [5.41, 5.74) is 10.3. The number of anilines is 2. The molecule has 3 heterocycles. The van der Waals surface area contributed by atoms with Crippen molar-refractivity contribution in [3.05, 3.63) is 30.5 Å². The minimum absolute atomic E-state index is 0.0448. The highest BCUT2D eigenvalue weighted by atomic mass is 19.3. The van der Waals surface area contributed by atoms with Gasteiger partial charge in [-0.15, -0.1) is 5.10 Å². The number of benzene rings is 1. The molecule has 9 nitrogen and oxygen atoms in total. The SMILES string of the molecule is COc1nc(N[C@@H]2CCN(C)CC2(F)F)nn2ccc(-c3ccc(N=N)c(NC[C@H](C)F)c3)c12. The number of fused-ring (bicyclic) bond motifs is 1. The van der Waals surface area contributed by atoms with E-state index in [-0.39, 0.29) is 31.3 Å². The van der Waals surface area contributed by atoms with Gasteiger partial charge in [0.2, 0.25) is 11.8 Å². The quantitative estimate of drug-likeness (QED) is 0.411. The summed E-state index contributed by atoms with van der Waals surface area (Å²) in [5, 5.41) is 13.6. The number of aromatic nitrogens is 3. The zero-order chi connectivity index (χ0) is 24.5. The summed E-state index contributed by atoms with van der Waals surface area (Å²) in [5.74, 6) is -2.66. The monoisotopic (exact) mass is 476 g/mol. The summed E-state index contributed by atoms with van der Waals surface area (Å²) in [6, 6.07) is 5.90. The Balaban J connectivity index is 1.69. The molecular formula is C22H27F3N8O. The summed E-state index contributed by atoms with van der Waals surface area (Å²) in [7, 11) is 3.12. The van der Waals surface area contributed by atoms with E-state index in [2.05, 4.69) is 25.8 Å². The minimum atomic E-state index is -2.93. The van der Waals surface area contributed by atoms with E-state index in [0.717, 1.165) is 11.1 Å². The van der Waals surface area contributed by atoms with Gasteiger partial charge >= 0.3 is 0 Å². The topological polar surface area (TPSA) is 103 Å². The maximum atomic E-state index is 14.5. The third-order valence-electron chi connectivity index (χ3n) is 5.77. The Morgan fingerprint density at radius 3 is 2.82 bits per heavy atom. The van der Waals surface area contributed by atoms with Crippen LogP contribution in [-0.2, 0) is 0 Å². The molecule has 0 amide bonds. The molecule has 0 unspecified atom stereocenters. The number of hydrogen-bond acceptors (Lipinski definition) is 8. The molecule has 0 saturated carbocycles. The van der Waals surface area contributed by atoms with Crippen molar-refractivity contribution in [2.45, 2.75) is 31.5 Å². The second-order valence-electron chi connectivity index (χ2n) is 8.46. The van der Waals surface area contributed by atoms with E-state index in [0.29, 0.717) is 23.4 Å². The van der Waals surface area contributed by atoms with E-state index in [1.165, 1.54) is 18.5 Å². The smallest absolute Gasteiger partial charge is 0.280 e. The average Bonchev–Trinajstić information content (AvgIpc) is 3.22. The number of hydrogen-bond donors (Lipinski definition) is 3. The molecule has 182 valence electrons. The fourth-order valence-corrected chi connectivity index (χ4v) is 4.07. The fourth-order valence-electron chi connectivity index (χ4n) is 4.07. The summed E-state index contributed by atoms with van der Waals surface area (Å²) < 4.78 is 49.3. The molecule has 2 aromatic heterocycles. The van der Waals surface area contributed by atoms with Crippen LogP contribution in [0, 0.1) is 5.53 Å². The van der Waals surface area contributed by atoms with Crippen molar-refractivity contribution in [3.8, 4) is 17.0 Å². The lowest BCUT2D eigenvalue weighted by molar-refractivity contribution is -0.0675. The van der Waals surface area contributed by atoms with Gasteiger partial charge in [-0.3, -0.25) is 0 Å². The molecule has 12 heteroatoms. The van der Waals surface area contributed by atoms with Crippen molar-refractivity contribution in [1.82, 2.24) is 19.5 Å². The van der Waals surface area contributed by atoms with Crippen molar-refractivity contribution in [2.24, 2.45) is 5.11 Å². The lowest BCUT2D eigenvalue weighted by Gasteiger charge is -2.36. The Morgan fingerprint density at radius 1 is 1.35 bits per heavy atom. The van der Waals surface area contributed by atoms with E-state index in [1.54, 1.807) is 42.4 Å². The first kappa shape index (κ1) is 23.7. The molecule has 1 aliphatic heterocycles. The van der Waals surface area contributed by atoms with Crippen molar-refractivity contribution in [3.63, 3.8) is 0 Å². The van der Waals surface area contributed by atoms with Gasteiger partial charge in [-0.25, -0.2) is 23.2 Å². The van der Waals surface area contributed by atoms with E-state index >= 15 is 0 Å². The normalized spacial score (nSPS) is 19.1. The molecule has 0 spiro atoms. The van der Waals surface area contributed by atoms with Crippen LogP contribution in [0.4, 0.5) is 30.5 Å². The van der Waals surface area contributed by atoms with Crippen LogP contribution in [0.15, 0.2) is 35.6 Å². The zero-order valence-electron chi connectivity index (χ0n) is 19.1. The molecule has 34 heavy (non-hydrogen) atoms. The zero-order valence-corrected chi connectivity index (χ0v) is 19.1. The van der Waals surface area contributed by atoms with Crippen molar-refractivity contribution >= 4 is 22.8 Å². The van der Waals surface area contributed by atoms with Crippen LogP contribution in [0.25, 0.3) is 16.6 Å². The number of nitrogens with one attached hydrogen (secondary N) is 3. The highest BCUT2D eigenvalue weighted by molar-refractivity contribution is 5.87. The number of halogens is 3. The Labute approximate surface area is 194 Å². The van der Waals surface area contributed by atoms with Crippen molar-refractivity contribution in [1.29, 1.82) is 5.53 Å². The first-order valence-corrected chi connectivity index (χ1v) is 10.9. The third-order valence-corrected chi connectivity index (χ3v) is 5.77. The van der Waals surface area contributed by atoms with Gasteiger partial charge in [0, 0.05) is 24.8 Å². The van der Waals surface area contributed by atoms with Gasteiger partial charge in [-0.1, -0.05) is 6.07 Å². The molecule has 0 radical (unpaired) electrons. The second kappa shape index (κ2) is 9.45. The Bertz CT molecular complexity index is 1180. The standard InChI is InChI=1S/C22H27F3N8O/c1-13(23)11-27-17-10-14(4-5-16(17)30-26)15-6-9-33-19(15)20(34-3)29-21(31-33)28-18-7-8-32(2)12-22(18,24)25/h4-6,9-10,13,18,26-27H,7-8,11-12H2,1-3H3,(H,28,31)/t13-,18+/m0/s1. The molecule has 0 aliphatic carbocycles. The van der Waals surface area contributed by atoms with Gasteiger partial charge in [0.05, 0.1) is 25.4 Å². The maximum absolute atomic E-state index is 14.5. The molecule has 0 bridgehead atoms. The molecule has 2 atom stereocenters. The van der Waals surface area contributed by atoms with Crippen LogP contribution in [0.1, 0.15) is 13.3 Å². The average molecular weight is 477 g/mol. The van der Waals surface area contributed by atoms with E-state index < -0.39 is 18.1 Å². The van der Waals surface area contributed by atoms with Gasteiger partial charge in [0.25, 0.3) is 5.92 Å². The number of nitrogens with zero attached hydrogens (tertiary/aromatic N) is 5. The van der Waals surface area contributed by atoms with Crippen LogP contribution >= 0.6 is 0 Å². The molecule has 3 aromatic rings. The predicted molar refractivity (Wildman–Crippen MR) is 123 cm³/mol. The first-order valence-electron chi connectivity index (χ1n) is 10.9. The Morgan fingerprint density at radius 2 is 2.15 bits per heavy atom. The van der Waals surface area contributed by atoms with Gasteiger partial charge in [-0.2, -0.15) is 10.1 Å². The van der Waals surface area contributed by atoms with Crippen LogP contribution in [0.3, 0.4) is 0 Å². The summed E-state index contributed by atoms with van der Waals surface area (Å²) in [4.78, 5) is 5.94. The van der Waals surface area contributed by atoms with Crippen molar-refractivity contribution in [2.75, 3.05) is 44.4 Å². The van der Waals surface area contributed by atoms with Crippen LogP contribution in [0.2, 0.25) is 0 Å². The van der Waals surface area contributed by atoms with Crippen LogP contribution in [0.5, 0.6) is 5.88 Å². The maximum Gasteiger partial charge on any atom is 0.280 e. The number of rotatable bonds is 8. The Kier molecular flexibility index (Phi) is 6.60. The number of piperidine rings is 1. The lowest BCUT2D eigenvalue weighted by Crippen LogP contribution is -2.53. The van der Waals surface area contributed by atoms with Gasteiger partial charge in [0.1, 0.15) is 17.4 Å². The fraction of sp³-hybridized carbons (Fsp3) is 0.455. The number of ether oxygens (including phenoxy) is 1. The van der Waals surface area contributed by atoms with E-state index in [4.69, 9.17) is 10.3 Å². The number of likely N-dealkylation sites (tertiary alicyclic amines) is 1. The van der Waals surface area contributed by atoms with Crippen molar-refractivity contribution < 1.29 is 17.9 Å². The summed E-state index contributed by atoms with van der Waals surface area (Å²) in [6.07, 6.45) is 0.867. The molecule has 3 N–H and O–H groups in total. The largest absolute Gasteiger partial charge is 0.479 e. The number of alkyl halides is 3. The molecular weight excluding hydrogens is 449 g/mol.